The normalized spacial score (nSPS) is 19.6. The van der Waals surface area contributed by atoms with Gasteiger partial charge in [-0.25, -0.2) is 4.39 Å². The van der Waals surface area contributed by atoms with Crippen LogP contribution in [0, 0.1) is 12.7 Å². The Hall–Kier alpha value is -1.46. The number of aryl methyl sites for hydroxylation is 1. The molecule has 2 N–H and O–H groups in total. The van der Waals surface area contributed by atoms with E-state index in [4.69, 9.17) is 0 Å². The number of halogens is 1. The Kier molecular flexibility index (Phi) is 4.50. The summed E-state index contributed by atoms with van der Waals surface area (Å²) in [6.45, 7) is 3.72. The summed E-state index contributed by atoms with van der Waals surface area (Å²) in [6, 6.07) is 4.81. The molecule has 1 aromatic rings. The fourth-order valence-electron chi connectivity index (χ4n) is 2.23. The molecule has 1 saturated heterocycles. The van der Waals surface area contributed by atoms with E-state index in [1.807, 2.05) is 4.90 Å². The van der Waals surface area contributed by atoms with Crippen LogP contribution < -0.4 is 5.32 Å². The molecule has 1 fully saturated rings. The summed E-state index contributed by atoms with van der Waals surface area (Å²) in [6.07, 6.45) is 0.414. The van der Waals surface area contributed by atoms with Crippen molar-refractivity contribution in [2.75, 3.05) is 19.6 Å². The molecular weight excluding hydrogens is 247 g/mol. The third kappa shape index (κ3) is 4.01. The maximum atomic E-state index is 13.1. The summed E-state index contributed by atoms with van der Waals surface area (Å²) < 4.78 is 13.1. The second kappa shape index (κ2) is 6.12. The number of nitrogens with one attached hydrogen (secondary N) is 1. The van der Waals surface area contributed by atoms with E-state index < -0.39 is 0 Å². The standard InChI is InChI=1S/C14H19FN2O2/c1-10-6-11(2-3-13(10)15)7-16-14(19)9-17-5-4-12(18)8-17/h2-3,6,12,18H,4-5,7-9H2,1H3,(H,16,19)/t12-/m0/s1. The summed E-state index contributed by atoms with van der Waals surface area (Å²) in [4.78, 5) is 13.6. The molecule has 1 amide bonds. The molecule has 19 heavy (non-hydrogen) atoms. The largest absolute Gasteiger partial charge is 0.392 e. The van der Waals surface area contributed by atoms with Crippen molar-refractivity contribution in [3.05, 3.63) is 35.1 Å². The van der Waals surface area contributed by atoms with Crippen LogP contribution in [0.15, 0.2) is 18.2 Å². The number of amides is 1. The highest BCUT2D eigenvalue weighted by atomic mass is 19.1. The Labute approximate surface area is 112 Å². The molecule has 0 bridgehead atoms. The molecule has 5 heteroatoms. The first-order valence-corrected chi connectivity index (χ1v) is 6.47. The van der Waals surface area contributed by atoms with Gasteiger partial charge in [-0.15, -0.1) is 0 Å². The number of likely N-dealkylation sites (tertiary alicyclic amines) is 1. The highest BCUT2D eigenvalue weighted by Gasteiger charge is 2.21. The predicted molar refractivity (Wildman–Crippen MR) is 70.0 cm³/mol. The van der Waals surface area contributed by atoms with Crippen molar-refractivity contribution in [1.82, 2.24) is 10.2 Å². The number of aliphatic hydroxyl groups is 1. The zero-order valence-electron chi connectivity index (χ0n) is 11.0. The first-order chi connectivity index (χ1) is 9.04. The summed E-state index contributed by atoms with van der Waals surface area (Å²) >= 11 is 0. The monoisotopic (exact) mass is 266 g/mol. The fraction of sp³-hybridized carbons (Fsp3) is 0.500. The van der Waals surface area contributed by atoms with Crippen molar-refractivity contribution < 1.29 is 14.3 Å². The molecule has 0 radical (unpaired) electrons. The van der Waals surface area contributed by atoms with Crippen LogP contribution in [0.3, 0.4) is 0 Å². The molecule has 0 aromatic heterocycles. The van der Waals surface area contributed by atoms with Crippen LogP contribution in [0.2, 0.25) is 0 Å². The number of hydrogen-bond acceptors (Lipinski definition) is 3. The van der Waals surface area contributed by atoms with Crippen molar-refractivity contribution in [2.45, 2.75) is 26.0 Å². The number of carbonyl (C=O) groups excluding carboxylic acids is 1. The SMILES string of the molecule is Cc1cc(CNC(=O)CN2CC[C@H](O)C2)ccc1F. The smallest absolute Gasteiger partial charge is 0.234 e. The molecule has 1 heterocycles. The molecule has 1 aliphatic heterocycles. The molecule has 1 atom stereocenters. The highest BCUT2D eigenvalue weighted by molar-refractivity contribution is 5.78. The maximum Gasteiger partial charge on any atom is 0.234 e. The van der Waals surface area contributed by atoms with Gasteiger partial charge in [0, 0.05) is 19.6 Å². The topological polar surface area (TPSA) is 52.6 Å². The number of hydrogen-bond donors (Lipinski definition) is 2. The lowest BCUT2D eigenvalue weighted by Crippen LogP contribution is -2.36. The van der Waals surface area contributed by atoms with Crippen LogP contribution in [0.1, 0.15) is 17.5 Å². The van der Waals surface area contributed by atoms with Crippen molar-refractivity contribution in [3.8, 4) is 0 Å². The molecule has 1 aliphatic rings. The molecule has 0 aliphatic carbocycles. The molecule has 0 unspecified atom stereocenters. The molecular formula is C14H19FN2O2. The van der Waals surface area contributed by atoms with Crippen molar-refractivity contribution >= 4 is 5.91 Å². The minimum absolute atomic E-state index is 0.0731. The second-order valence-electron chi connectivity index (χ2n) is 5.04. The molecule has 0 spiro atoms. The molecule has 104 valence electrons. The van der Waals surface area contributed by atoms with E-state index in [2.05, 4.69) is 5.32 Å². The Balaban J connectivity index is 1.78. The van der Waals surface area contributed by atoms with Gasteiger partial charge in [-0.3, -0.25) is 9.69 Å². The van der Waals surface area contributed by atoms with E-state index in [1.54, 1.807) is 19.1 Å². The van der Waals surface area contributed by atoms with Crippen LogP contribution in [0.5, 0.6) is 0 Å². The summed E-state index contributed by atoms with van der Waals surface area (Å²) in [7, 11) is 0. The lowest BCUT2D eigenvalue weighted by molar-refractivity contribution is -0.122. The third-order valence-electron chi connectivity index (χ3n) is 3.33. The zero-order chi connectivity index (χ0) is 13.8. The molecule has 4 nitrogen and oxygen atoms in total. The van der Waals surface area contributed by atoms with E-state index in [9.17, 15) is 14.3 Å². The van der Waals surface area contributed by atoms with Gasteiger partial charge >= 0.3 is 0 Å². The number of rotatable bonds is 4. The van der Waals surface area contributed by atoms with Gasteiger partial charge < -0.3 is 10.4 Å². The van der Waals surface area contributed by atoms with Gasteiger partial charge in [0.05, 0.1) is 12.6 Å². The third-order valence-corrected chi connectivity index (χ3v) is 3.33. The Morgan fingerprint density at radius 1 is 1.58 bits per heavy atom. The first kappa shape index (κ1) is 14.0. The van der Waals surface area contributed by atoms with E-state index >= 15 is 0 Å². The minimum atomic E-state index is -0.312. The van der Waals surface area contributed by atoms with Crippen LogP contribution >= 0.6 is 0 Å². The number of benzene rings is 1. The van der Waals surface area contributed by atoms with Gasteiger partial charge in [0.15, 0.2) is 0 Å². The average molecular weight is 266 g/mol. The van der Waals surface area contributed by atoms with Crippen molar-refractivity contribution in [3.63, 3.8) is 0 Å². The quantitative estimate of drug-likeness (QED) is 0.848. The Morgan fingerprint density at radius 2 is 2.37 bits per heavy atom. The first-order valence-electron chi connectivity index (χ1n) is 6.47. The van der Waals surface area contributed by atoms with E-state index in [0.717, 1.165) is 18.5 Å². The van der Waals surface area contributed by atoms with E-state index in [-0.39, 0.29) is 17.8 Å². The van der Waals surface area contributed by atoms with Crippen LogP contribution in [0.25, 0.3) is 0 Å². The minimum Gasteiger partial charge on any atom is -0.392 e. The Morgan fingerprint density at radius 3 is 3.00 bits per heavy atom. The van der Waals surface area contributed by atoms with Gasteiger partial charge in [-0.05, 0) is 30.5 Å². The van der Waals surface area contributed by atoms with E-state index in [0.29, 0.717) is 25.2 Å². The van der Waals surface area contributed by atoms with Gasteiger partial charge in [0.2, 0.25) is 5.91 Å². The Bertz CT molecular complexity index is 465. The van der Waals surface area contributed by atoms with Gasteiger partial charge in [-0.2, -0.15) is 0 Å². The number of carbonyl (C=O) groups is 1. The predicted octanol–water partition coefficient (Wildman–Crippen LogP) is 0.817. The van der Waals surface area contributed by atoms with E-state index in [1.165, 1.54) is 6.07 Å². The average Bonchev–Trinajstić information content (AvgIpc) is 2.76. The molecule has 1 aromatic carbocycles. The van der Waals surface area contributed by atoms with Crippen molar-refractivity contribution in [2.24, 2.45) is 0 Å². The number of aliphatic hydroxyl groups excluding tert-OH is 1. The van der Waals surface area contributed by atoms with Crippen LogP contribution in [-0.4, -0.2) is 41.7 Å². The van der Waals surface area contributed by atoms with Crippen LogP contribution in [-0.2, 0) is 11.3 Å². The summed E-state index contributed by atoms with van der Waals surface area (Å²) in [5.41, 5.74) is 1.46. The van der Waals surface area contributed by atoms with Gasteiger partial charge in [0.1, 0.15) is 5.82 Å². The maximum absolute atomic E-state index is 13.1. The highest BCUT2D eigenvalue weighted by Crippen LogP contribution is 2.09. The summed E-state index contributed by atoms with van der Waals surface area (Å²) in [5, 5.41) is 12.2. The van der Waals surface area contributed by atoms with Gasteiger partial charge in [0.25, 0.3) is 0 Å². The zero-order valence-corrected chi connectivity index (χ0v) is 11.0. The number of β-amino-alcohol motifs (C(OH)–C–C–N with tert-alkyl or cyclic N) is 1. The lowest BCUT2D eigenvalue weighted by atomic mass is 10.1. The molecule has 0 saturated carbocycles. The molecule has 2 rings (SSSR count). The lowest BCUT2D eigenvalue weighted by Gasteiger charge is -2.14. The summed E-state index contributed by atoms with van der Waals surface area (Å²) in [5.74, 6) is -0.308. The van der Waals surface area contributed by atoms with Crippen LogP contribution in [0.4, 0.5) is 4.39 Å². The van der Waals surface area contributed by atoms with Crippen molar-refractivity contribution in [1.29, 1.82) is 0 Å². The van der Waals surface area contributed by atoms with Gasteiger partial charge in [-0.1, -0.05) is 12.1 Å². The number of nitrogens with zero attached hydrogens (tertiary/aromatic N) is 1. The second-order valence-corrected chi connectivity index (χ2v) is 5.04. The fourth-order valence-corrected chi connectivity index (χ4v) is 2.23.